The minimum Gasteiger partial charge on any atom is -0.385 e. The second-order valence-electron chi connectivity index (χ2n) is 13.6. The average molecular weight is 665 g/mol. The second-order valence-corrected chi connectivity index (χ2v) is 13.6. The number of rotatable bonds is 16. The summed E-state index contributed by atoms with van der Waals surface area (Å²) in [5.41, 5.74) is 8.26. The Kier molecular flexibility index (Phi) is 11.9. The number of piperidine rings is 1. The molecule has 6 rings (SSSR count). The number of carbonyl (C=O) groups excluding carboxylic acids is 1. The number of benzene rings is 4. The van der Waals surface area contributed by atoms with Gasteiger partial charge in [-0.3, -0.25) is 15.2 Å². The highest BCUT2D eigenvalue weighted by molar-refractivity contribution is 5.79. The molecule has 1 unspecified atom stereocenters. The first kappa shape index (κ1) is 35.0. The van der Waals surface area contributed by atoms with Crippen molar-refractivity contribution in [1.82, 2.24) is 10.3 Å². The van der Waals surface area contributed by atoms with Crippen LogP contribution in [0.25, 0.3) is 11.1 Å². The molecule has 8 heteroatoms. The first-order valence-corrected chi connectivity index (χ1v) is 17.4. The summed E-state index contributed by atoms with van der Waals surface area (Å²) in [7, 11) is 1.76. The number of hydrogen-bond acceptors (Lipinski definition) is 7. The predicted octanol–water partition coefficient (Wildman–Crippen LogP) is 7.41. The molecule has 1 heterocycles. The van der Waals surface area contributed by atoms with Crippen molar-refractivity contribution in [3.8, 4) is 11.1 Å². The topological polar surface area (TPSA) is 91.7 Å². The smallest absolute Gasteiger partial charge is 0.227 e. The van der Waals surface area contributed by atoms with Crippen molar-refractivity contribution in [1.29, 1.82) is 0 Å². The van der Waals surface area contributed by atoms with Crippen LogP contribution in [0.1, 0.15) is 59.4 Å². The number of aryl methyl sites for hydroxylation is 1. The third-order valence-electron chi connectivity index (χ3n) is 10.1. The molecule has 4 aromatic carbocycles. The molecule has 2 N–H and O–H groups in total. The minimum absolute atomic E-state index is 0.0140. The van der Waals surface area contributed by atoms with E-state index in [4.69, 9.17) is 24.7 Å². The zero-order chi connectivity index (χ0) is 34.1. The largest absolute Gasteiger partial charge is 0.385 e. The van der Waals surface area contributed by atoms with E-state index in [9.17, 15) is 4.79 Å². The van der Waals surface area contributed by atoms with Gasteiger partial charge in [0.1, 0.15) is 0 Å². The second kappa shape index (κ2) is 16.7. The van der Waals surface area contributed by atoms with Crippen molar-refractivity contribution in [2.45, 2.75) is 63.6 Å². The van der Waals surface area contributed by atoms with E-state index in [-0.39, 0.29) is 41.8 Å². The standard InChI is InChI=1S/C41H48N2O6/c1-47-24-8-15-34-11-5-6-12-37(34)27-41(21-22-41)30-48-39-28-42(40(44)25-31-16-18-32(19-17-31)29-49-43(45)46)23-20-38(39)36-14-7-13-35(26-36)33-9-3-2-4-10-33/h2-7,9-14,16-19,26,38-39,45-46H,8,15,20-25,27-30H2,1H3/t38-,39?/m1/s1. The lowest BCUT2D eigenvalue weighted by Crippen LogP contribution is -2.48. The van der Waals surface area contributed by atoms with Crippen LogP contribution in [0.3, 0.4) is 0 Å². The molecule has 1 saturated carbocycles. The number of nitrogens with zero attached hydrogens (tertiary/aromatic N) is 2. The van der Waals surface area contributed by atoms with Crippen molar-refractivity contribution in [3.05, 3.63) is 131 Å². The Hall–Kier alpha value is -3.89. The van der Waals surface area contributed by atoms with Crippen LogP contribution < -0.4 is 0 Å². The SMILES string of the molecule is COCCCc1ccccc1CC1(COC2CN(C(=O)Cc3ccc(CON(O)O)cc3)CC[C@@H]2c2cccc(-c3ccccc3)c2)CC1. The van der Waals surface area contributed by atoms with Gasteiger partial charge in [-0.15, -0.1) is 0 Å². The summed E-state index contributed by atoms with van der Waals surface area (Å²) in [6, 6.07) is 35.5. The lowest BCUT2D eigenvalue weighted by Gasteiger charge is -2.39. The van der Waals surface area contributed by atoms with Crippen LogP contribution in [0, 0.1) is 5.41 Å². The maximum absolute atomic E-state index is 13.7. The van der Waals surface area contributed by atoms with Crippen LogP contribution >= 0.6 is 0 Å². The van der Waals surface area contributed by atoms with Crippen LogP contribution in [0.5, 0.6) is 0 Å². The van der Waals surface area contributed by atoms with E-state index in [2.05, 4.69) is 72.8 Å². The van der Waals surface area contributed by atoms with E-state index in [0.717, 1.165) is 56.3 Å². The number of carbonyl (C=O) groups is 1. The van der Waals surface area contributed by atoms with Crippen molar-refractivity contribution in [2.75, 3.05) is 33.4 Å². The van der Waals surface area contributed by atoms with Crippen molar-refractivity contribution in [3.63, 3.8) is 0 Å². The molecule has 1 aliphatic heterocycles. The highest BCUT2D eigenvalue weighted by Crippen LogP contribution is 2.50. The zero-order valence-corrected chi connectivity index (χ0v) is 28.4. The lowest BCUT2D eigenvalue weighted by molar-refractivity contribution is -0.497. The Balaban J connectivity index is 1.16. The van der Waals surface area contributed by atoms with Gasteiger partial charge in [0.25, 0.3) is 0 Å². The highest BCUT2D eigenvalue weighted by atomic mass is 17.1. The van der Waals surface area contributed by atoms with Crippen LogP contribution in [0.2, 0.25) is 0 Å². The Morgan fingerprint density at radius 3 is 2.33 bits per heavy atom. The molecule has 0 radical (unpaired) electrons. The van der Waals surface area contributed by atoms with Gasteiger partial charge >= 0.3 is 0 Å². The van der Waals surface area contributed by atoms with E-state index >= 15 is 0 Å². The minimum atomic E-state index is -0.300. The Morgan fingerprint density at radius 2 is 1.59 bits per heavy atom. The van der Waals surface area contributed by atoms with E-state index in [1.165, 1.54) is 27.8 Å². The van der Waals surface area contributed by atoms with Gasteiger partial charge in [0.15, 0.2) is 0 Å². The Labute approximate surface area is 289 Å². The van der Waals surface area contributed by atoms with Crippen molar-refractivity contribution in [2.24, 2.45) is 5.41 Å². The molecule has 2 fully saturated rings. The van der Waals surface area contributed by atoms with Gasteiger partial charge in [-0.25, -0.2) is 4.84 Å². The lowest BCUT2D eigenvalue weighted by atomic mass is 9.85. The highest BCUT2D eigenvalue weighted by Gasteiger charge is 2.45. The summed E-state index contributed by atoms with van der Waals surface area (Å²) in [6.45, 7) is 2.69. The van der Waals surface area contributed by atoms with Crippen LogP contribution in [0.15, 0.2) is 103 Å². The normalized spacial score (nSPS) is 18.5. The molecule has 2 atom stereocenters. The van der Waals surface area contributed by atoms with Gasteiger partial charge in [0, 0.05) is 32.7 Å². The summed E-state index contributed by atoms with van der Waals surface area (Å²) in [4.78, 5) is 20.3. The molecule has 49 heavy (non-hydrogen) atoms. The molecule has 2 aliphatic rings. The summed E-state index contributed by atoms with van der Waals surface area (Å²) in [5, 5.41) is 17.3. The average Bonchev–Trinajstić information content (AvgIpc) is 3.90. The molecule has 1 aliphatic carbocycles. The third-order valence-corrected chi connectivity index (χ3v) is 10.1. The molecule has 0 bridgehead atoms. The Bertz CT molecular complexity index is 1640. The van der Waals surface area contributed by atoms with Gasteiger partial charge in [0.05, 0.1) is 31.1 Å². The number of hydrogen-bond donors (Lipinski definition) is 2. The monoisotopic (exact) mass is 664 g/mol. The third kappa shape index (κ3) is 9.63. The molecule has 1 amide bonds. The molecule has 1 saturated heterocycles. The zero-order valence-electron chi connectivity index (χ0n) is 28.4. The van der Waals surface area contributed by atoms with Gasteiger partial charge in [0.2, 0.25) is 5.91 Å². The first-order chi connectivity index (χ1) is 23.9. The summed E-state index contributed by atoms with van der Waals surface area (Å²) in [5.74, 6) is 0.263. The van der Waals surface area contributed by atoms with E-state index < -0.39 is 0 Å². The number of likely N-dealkylation sites (tertiary alicyclic amines) is 1. The maximum atomic E-state index is 13.7. The van der Waals surface area contributed by atoms with Crippen LogP contribution in [-0.4, -0.2) is 66.1 Å². The Morgan fingerprint density at radius 1 is 0.878 bits per heavy atom. The molecular weight excluding hydrogens is 616 g/mol. The fourth-order valence-corrected chi connectivity index (χ4v) is 7.06. The predicted molar refractivity (Wildman–Crippen MR) is 188 cm³/mol. The van der Waals surface area contributed by atoms with Crippen molar-refractivity contribution >= 4 is 5.91 Å². The quantitative estimate of drug-likeness (QED) is 0.0952. The van der Waals surface area contributed by atoms with Gasteiger partial charge in [-0.2, -0.15) is 0 Å². The molecule has 258 valence electrons. The number of amides is 1. The molecule has 8 nitrogen and oxygen atoms in total. The fourth-order valence-electron chi connectivity index (χ4n) is 7.06. The van der Waals surface area contributed by atoms with Crippen LogP contribution in [-0.2, 0) is 45.0 Å². The number of methoxy groups -OCH3 is 1. The van der Waals surface area contributed by atoms with Gasteiger partial charge in [-0.1, -0.05) is 103 Å². The molecule has 4 aromatic rings. The van der Waals surface area contributed by atoms with E-state index in [0.29, 0.717) is 19.7 Å². The summed E-state index contributed by atoms with van der Waals surface area (Å²) >= 11 is 0. The van der Waals surface area contributed by atoms with E-state index in [1.807, 2.05) is 35.2 Å². The molecular formula is C41H48N2O6. The van der Waals surface area contributed by atoms with Crippen LogP contribution in [0.4, 0.5) is 0 Å². The van der Waals surface area contributed by atoms with E-state index in [1.54, 1.807) is 7.11 Å². The van der Waals surface area contributed by atoms with Gasteiger partial charge in [-0.05, 0) is 82.9 Å². The number of ether oxygens (including phenoxy) is 2. The van der Waals surface area contributed by atoms with Crippen molar-refractivity contribution < 1.29 is 29.5 Å². The first-order valence-electron chi connectivity index (χ1n) is 17.4. The summed E-state index contributed by atoms with van der Waals surface area (Å²) in [6.07, 6.45) is 6.35. The maximum Gasteiger partial charge on any atom is 0.227 e. The molecule has 0 aromatic heterocycles. The van der Waals surface area contributed by atoms with Gasteiger partial charge < -0.3 is 14.4 Å². The fraction of sp³-hybridized carbons (Fsp3) is 0.390. The summed E-state index contributed by atoms with van der Waals surface area (Å²) < 4.78 is 12.3. The molecule has 0 spiro atoms.